The van der Waals surface area contributed by atoms with E-state index in [-0.39, 0.29) is 5.78 Å². The maximum Gasteiger partial charge on any atom is 0.173 e. The average Bonchev–Trinajstić information content (AvgIpc) is 2.08. The van der Waals surface area contributed by atoms with Crippen LogP contribution in [0.25, 0.3) is 0 Å². The smallest absolute Gasteiger partial charge is 0.173 e. The molecule has 0 aliphatic carbocycles. The zero-order valence-corrected chi connectivity index (χ0v) is 10.3. The van der Waals surface area contributed by atoms with Crippen LogP contribution in [0.1, 0.15) is 15.9 Å². The lowest BCUT2D eigenvalue weighted by Crippen LogP contribution is -2.00. The summed E-state index contributed by atoms with van der Waals surface area (Å²) in [5, 5.41) is 0.395. The summed E-state index contributed by atoms with van der Waals surface area (Å²) in [4.78, 5) is 11.2. The van der Waals surface area contributed by atoms with Gasteiger partial charge in [0, 0.05) is 9.13 Å². The first-order chi connectivity index (χ1) is 5.65. The quantitative estimate of drug-likeness (QED) is 0.460. The van der Waals surface area contributed by atoms with E-state index in [1.54, 1.807) is 0 Å². The number of ketones is 1. The van der Waals surface area contributed by atoms with E-state index in [2.05, 4.69) is 38.5 Å². The van der Waals surface area contributed by atoms with Crippen LogP contribution in [0.5, 0.6) is 0 Å². The van der Waals surface area contributed by atoms with E-state index in [4.69, 9.17) is 0 Å². The van der Waals surface area contributed by atoms with Crippen molar-refractivity contribution in [3.8, 4) is 0 Å². The number of rotatable bonds is 2. The molecule has 0 aromatic heterocycles. The van der Waals surface area contributed by atoms with Gasteiger partial charge in [0.2, 0.25) is 0 Å². The van der Waals surface area contributed by atoms with Crippen LogP contribution in [0, 0.1) is 10.5 Å². The molecule has 0 fully saturated rings. The van der Waals surface area contributed by atoms with Crippen molar-refractivity contribution >= 4 is 44.3 Å². The molecule has 1 aromatic rings. The van der Waals surface area contributed by atoms with Crippen LogP contribution in [0.3, 0.4) is 0 Å². The van der Waals surface area contributed by atoms with Gasteiger partial charge in [-0.2, -0.15) is 0 Å². The summed E-state index contributed by atoms with van der Waals surface area (Å²) in [6, 6.07) is 5.75. The van der Waals surface area contributed by atoms with Gasteiger partial charge < -0.3 is 0 Å². The summed E-state index contributed by atoms with van der Waals surface area (Å²) in [7, 11) is 0. The zero-order valence-electron chi connectivity index (χ0n) is 6.60. The van der Waals surface area contributed by atoms with E-state index in [9.17, 15) is 4.79 Å². The van der Waals surface area contributed by atoms with Crippen LogP contribution < -0.4 is 0 Å². The molecule has 1 aromatic carbocycles. The molecule has 3 heteroatoms. The predicted molar refractivity (Wildman–Crippen MR) is 62.0 cm³/mol. The second-order valence-corrected chi connectivity index (χ2v) is 4.24. The summed E-state index contributed by atoms with van der Waals surface area (Å²) in [5.74, 6) is 0.132. The second kappa shape index (κ2) is 4.37. The van der Waals surface area contributed by atoms with Crippen molar-refractivity contribution < 1.29 is 4.79 Å². The van der Waals surface area contributed by atoms with Gasteiger partial charge in [0.25, 0.3) is 0 Å². The Morgan fingerprint density at radius 2 is 2.25 bits per heavy atom. The third-order valence-electron chi connectivity index (χ3n) is 1.62. The molecule has 12 heavy (non-hydrogen) atoms. The Hall–Kier alpha value is 0.1000. The van der Waals surface area contributed by atoms with Gasteiger partial charge in [-0.15, -0.1) is 0 Å². The largest absolute Gasteiger partial charge is 0.293 e. The molecule has 0 radical (unpaired) electrons. The van der Waals surface area contributed by atoms with Gasteiger partial charge in [-0.3, -0.25) is 4.79 Å². The van der Waals surface area contributed by atoms with Crippen molar-refractivity contribution in [2.24, 2.45) is 0 Å². The lowest BCUT2D eigenvalue weighted by atomic mass is 10.1. The molecule has 0 heterocycles. The van der Waals surface area contributed by atoms with Crippen molar-refractivity contribution in [3.05, 3.63) is 32.9 Å². The van der Waals surface area contributed by atoms with Gasteiger partial charge in [-0.05, 0) is 41.1 Å². The predicted octanol–water partition coefficient (Wildman–Crippen LogP) is 3.18. The van der Waals surface area contributed by atoms with Gasteiger partial charge in [0.1, 0.15) is 0 Å². The van der Waals surface area contributed by atoms with Crippen molar-refractivity contribution in [3.63, 3.8) is 0 Å². The standard InChI is InChI=1S/C9H8BrIO/c1-6-2-3-7(4-8(6)11)9(12)5-10/h2-4H,5H2,1H3. The molecular weight excluding hydrogens is 331 g/mol. The van der Waals surface area contributed by atoms with E-state index in [0.717, 1.165) is 9.13 Å². The Balaban J connectivity index is 3.05. The molecular formula is C9H8BrIO. The average molecular weight is 339 g/mol. The van der Waals surface area contributed by atoms with Crippen LogP contribution in [0.4, 0.5) is 0 Å². The minimum Gasteiger partial charge on any atom is -0.293 e. The minimum absolute atomic E-state index is 0.132. The number of benzene rings is 1. The zero-order chi connectivity index (χ0) is 9.14. The van der Waals surface area contributed by atoms with Crippen molar-refractivity contribution in [2.75, 3.05) is 5.33 Å². The fourth-order valence-corrected chi connectivity index (χ4v) is 1.68. The number of alkyl halides is 1. The first-order valence-corrected chi connectivity index (χ1v) is 5.70. The van der Waals surface area contributed by atoms with E-state index < -0.39 is 0 Å². The summed E-state index contributed by atoms with van der Waals surface area (Å²) in [6.45, 7) is 2.03. The van der Waals surface area contributed by atoms with Crippen LogP contribution in [-0.4, -0.2) is 11.1 Å². The molecule has 0 aliphatic rings. The number of halogens is 2. The molecule has 0 atom stereocenters. The molecule has 0 saturated heterocycles. The van der Waals surface area contributed by atoms with Crippen LogP contribution in [-0.2, 0) is 0 Å². The minimum atomic E-state index is 0.132. The fourth-order valence-electron chi connectivity index (χ4n) is 0.843. The lowest BCUT2D eigenvalue weighted by molar-refractivity contribution is 0.102. The number of carbonyl (C=O) groups excluding carboxylic acids is 1. The van der Waals surface area contributed by atoms with E-state index in [1.165, 1.54) is 5.56 Å². The first kappa shape index (κ1) is 10.2. The van der Waals surface area contributed by atoms with E-state index in [0.29, 0.717) is 5.33 Å². The summed E-state index contributed by atoms with van der Waals surface area (Å²) in [6.07, 6.45) is 0. The van der Waals surface area contributed by atoms with Gasteiger partial charge in [-0.25, -0.2) is 0 Å². The normalized spacial score (nSPS) is 9.92. The molecule has 0 N–H and O–H groups in total. The first-order valence-electron chi connectivity index (χ1n) is 3.50. The van der Waals surface area contributed by atoms with Gasteiger partial charge in [0.05, 0.1) is 5.33 Å². The highest BCUT2D eigenvalue weighted by Gasteiger charge is 2.04. The number of carbonyl (C=O) groups is 1. The van der Waals surface area contributed by atoms with Crippen molar-refractivity contribution in [1.29, 1.82) is 0 Å². The molecule has 1 rings (SSSR count). The van der Waals surface area contributed by atoms with E-state index in [1.807, 2.05) is 25.1 Å². The number of hydrogen-bond acceptors (Lipinski definition) is 1. The molecule has 0 bridgehead atoms. The van der Waals surface area contributed by atoms with Crippen LogP contribution >= 0.6 is 38.5 Å². The maximum absolute atomic E-state index is 11.2. The molecule has 0 saturated carbocycles. The summed E-state index contributed by atoms with van der Waals surface area (Å²) >= 11 is 5.37. The molecule has 0 spiro atoms. The third-order valence-corrected chi connectivity index (χ3v) is 3.29. The van der Waals surface area contributed by atoms with Crippen molar-refractivity contribution in [2.45, 2.75) is 6.92 Å². The highest BCUT2D eigenvalue weighted by Crippen LogP contribution is 2.14. The van der Waals surface area contributed by atoms with Crippen molar-refractivity contribution in [1.82, 2.24) is 0 Å². The second-order valence-electron chi connectivity index (χ2n) is 2.52. The molecule has 0 amide bonds. The SMILES string of the molecule is Cc1ccc(C(=O)CBr)cc1I. The van der Waals surface area contributed by atoms with Crippen LogP contribution in [0.2, 0.25) is 0 Å². The molecule has 64 valence electrons. The fraction of sp³-hybridized carbons (Fsp3) is 0.222. The topological polar surface area (TPSA) is 17.1 Å². The highest BCUT2D eigenvalue weighted by atomic mass is 127. The number of Topliss-reactive ketones (excluding diaryl/α,β-unsaturated/α-hetero) is 1. The summed E-state index contributed by atoms with van der Waals surface area (Å²) < 4.78 is 1.14. The molecule has 1 nitrogen and oxygen atoms in total. The van der Waals surface area contributed by atoms with E-state index >= 15 is 0 Å². The van der Waals surface area contributed by atoms with Gasteiger partial charge >= 0.3 is 0 Å². The Labute approximate surface area is 93.8 Å². The molecule has 0 aliphatic heterocycles. The van der Waals surface area contributed by atoms with Crippen LogP contribution in [0.15, 0.2) is 18.2 Å². The van der Waals surface area contributed by atoms with Gasteiger partial charge in [0.15, 0.2) is 5.78 Å². The number of hydrogen-bond donors (Lipinski definition) is 0. The molecule has 0 unspecified atom stereocenters. The lowest BCUT2D eigenvalue weighted by Gasteiger charge is -2.00. The summed E-state index contributed by atoms with van der Waals surface area (Å²) in [5.41, 5.74) is 1.99. The Morgan fingerprint density at radius 3 is 2.75 bits per heavy atom. The van der Waals surface area contributed by atoms with Gasteiger partial charge in [-0.1, -0.05) is 28.1 Å². The maximum atomic E-state index is 11.2. The third kappa shape index (κ3) is 2.29. The Kier molecular flexibility index (Phi) is 3.71. The monoisotopic (exact) mass is 338 g/mol. The highest BCUT2D eigenvalue weighted by molar-refractivity contribution is 14.1. The Morgan fingerprint density at radius 1 is 1.58 bits per heavy atom. The number of aryl methyl sites for hydroxylation is 1. The Bertz CT molecular complexity index is 309.